The molecule has 0 aromatic heterocycles. The SMILES string of the molecule is COc1ccc(C)cc1CN1CCN(C(=S)NCc2ccc3c(c2)OCO3)CC1. The van der Waals surface area contributed by atoms with Crippen LogP contribution in [0.15, 0.2) is 36.4 Å². The molecule has 0 aliphatic carbocycles. The fraction of sp³-hybridized carbons (Fsp3) is 0.409. The predicted octanol–water partition coefficient (Wildman–Crippen LogP) is 2.92. The molecule has 6 nitrogen and oxygen atoms in total. The zero-order valence-electron chi connectivity index (χ0n) is 16.9. The highest BCUT2D eigenvalue weighted by Gasteiger charge is 2.20. The summed E-state index contributed by atoms with van der Waals surface area (Å²) in [7, 11) is 1.73. The number of thiocarbonyl (C=S) groups is 1. The van der Waals surface area contributed by atoms with Crippen molar-refractivity contribution < 1.29 is 14.2 Å². The monoisotopic (exact) mass is 413 g/mol. The van der Waals surface area contributed by atoms with E-state index in [1.54, 1.807) is 7.11 Å². The average Bonchev–Trinajstić information content (AvgIpc) is 3.21. The molecular weight excluding hydrogens is 386 g/mol. The van der Waals surface area contributed by atoms with Crippen molar-refractivity contribution in [2.24, 2.45) is 0 Å². The highest BCUT2D eigenvalue weighted by Crippen LogP contribution is 2.32. The van der Waals surface area contributed by atoms with Crippen molar-refractivity contribution in [2.75, 3.05) is 40.1 Å². The van der Waals surface area contributed by atoms with Crippen LogP contribution in [-0.4, -0.2) is 55.0 Å². The van der Waals surface area contributed by atoms with E-state index in [1.165, 1.54) is 11.1 Å². The molecule has 0 spiro atoms. The minimum Gasteiger partial charge on any atom is -0.496 e. The molecule has 1 N–H and O–H groups in total. The number of fused-ring (bicyclic) bond motifs is 1. The molecular formula is C22H27N3O3S. The first-order valence-electron chi connectivity index (χ1n) is 9.89. The maximum absolute atomic E-state index is 5.62. The smallest absolute Gasteiger partial charge is 0.231 e. The van der Waals surface area contributed by atoms with E-state index in [9.17, 15) is 0 Å². The van der Waals surface area contributed by atoms with Crippen molar-refractivity contribution in [3.63, 3.8) is 0 Å². The molecule has 1 saturated heterocycles. The lowest BCUT2D eigenvalue weighted by atomic mass is 10.1. The van der Waals surface area contributed by atoms with E-state index >= 15 is 0 Å². The van der Waals surface area contributed by atoms with Gasteiger partial charge >= 0.3 is 0 Å². The Hall–Kier alpha value is -2.51. The Balaban J connectivity index is 1.26. The van der Waals surface area contributed by atoms with Gasteiger partial charge in [-0.2, -0.15) is 0 Å². The van der Waals surface area contributed by atoms with Crippen LogP contribution in [0.25, 0.3) is 0 Å². The normalized spacial score (nSPS) is 16.0. The number of nitrogens with zero attached hydrogens (tertiary/aromatic N) is 2. The second kappa shape index (κ2) is 8.88. The maximum atomic E-state index is 5.62. The summed E-state index contributed by atoms with van der Waals surface area (Å²) in [4.78, 5) is 4.69. The van der Waals surface area contributed by atoms with Crippen molar-refractivity contribution in [1.82, 2.24) is 15.1 Å². The van der Waals surface area contributed by atoms with Crippen LogP contribution in [0.5, 0.6) is 17.2 Å². The Morgan fingerprint density at radius 3 is 2.66 bits per heavy atom. The Kier molecular flexibility index (Phi) is 6.06. The number of piperazine rings is 1. The quantitative estimate of drug-likeness (QED) is 0.756. The molecule has 0 atom stereocenters. The van der Waals surface area contributed by atoms with Crippen molar-refractivity contribution >= 4 is 17.3 Å². The average molecular weight is 414 g/mol. The molecule has 0 bridgehead atoms. The van der Waals surface area contributed by atoms with Gasteiger partial charge in [0.25, 0.3) is 0 Å². The molecule has 7 heteroatoms. The summed E-state index contributed by atoms with van der Waals surface area (Å²) in [5.41, 5.74) is 3.62. The first-order chi connectivity index (χ1) is 14.1. The minimum absolute atomic E-state index is 0.295. The summed E-state index contributed by atoms with van der Waals surface area (Å²) in [5.74, 6) is 2.56. The largest absolute Gasteiger partial charge is 0.496 e. The molecule has 0 amide bonds. The third kappa shape index (κ3) is 4.74. The fourth-order valence-corrected chi connectivity index (χ4v) is 3.98. The van der Waals surface area contributed by atoms with Gasteiger partial charge in [0.05, 0.1) is 7.11 Å². The Morgan fingerprint density at radius 1 is 1.07 bits per heavy atom. The van der Waals surface area contributed by atoms with E-state index in [2.05, 4.69) is 40.2 Å². The number of rotatable bonds is 5. The lowest BCUT2D eigenvalue weighted by Gasteiger charge is -2.36. The van der Waals surface area contributed by atoms with Crippen LogP contribution in [0.3, 0.4) is 0 Å². The summed E-state index contributed by atoms with van der Waals surface area (Å²) in [6, 6.07) is 12.3. The van der Waals surface area contributed by atoms with Crippen molar-refractivity contribution in [3.8, 4) is 17.2 Å². The van der Waals surface area contributed by atoms with Crippen LogP contribution in [-0.2, 0) is 13.1 Å². The van der Waals surface area contributed by atoms with Gasteiger partial charge in [-0.25, -0.2) is 0 Å². The van der Waals surface area contributed by atoms with Crippen LogP contribution >= 0.6 is 12.2 Å². The molecule has 0 saturated carbocycles. The van der Waals surface area contributed by atoms with Gasteiger partial charge in [0, 0.05) is 44.8 Å². The minimum atomic E-state index is 0.295. The van der Waals surface area contributed by atoms with Crippen LogP contribution in [0.2, 0.25) is 0 Å². The highest BCUT2D eigenvalue weighted by atomic mass is 32.1. The van der Waals surface area contributed by atoms with E-state index in [4.69, 9.17) is 26.4 Å². The second-order valence-electron chi connectivity index (χ2n) is 7.42. The fourth-order valence-electron chi connectivity index (χ4n) is 3.72. The topological polar surface area (TPSA) is 46.2 Å². The van der Waals surface area contributed by atoms with Gasteiger partial charge in [0.2, 0.25) is 6.79 Å². The number of hydrogen-bond acceptors (Lipinski definition) is 5. The van der Waals surface area contributed by atoms with Gasteiger partial charge in [-0.15, -0.1) is 0 Å². The van der Waals surface area contributed by atoms with Gasteiger partial charge in [0.15, 0.2) is 16.6 Å². The zero-order valence-corrected chi connectivity index (χ0v) is 17.8. The molecule has 0 radical (unpaired) electrons. The number of hydrogen-bond donors (Lipinski definition) is 1. The highest BCUT2D eigenvalue weighted by molar-refractivity contribution is 7.80. The molecule has 2 aromatic carbocycles. The molecule has 1 fully saturated rings. The Morgan fingerprint density at radius 2 is 1.86 bits per heavy atom. The number of nitrogens with one attached hydrogen (secondary N) is 1. The van der Waals surface area contributed by atoms with Crippen LogP contribution in [0.1, 0.15) is 16.7 Å². The maximum Gasteiger partial charge on any atom is 0.231 e. The molecule has 29 heavy (non-hydrogen) atoms. The Labute approximate surface area is 177 Å². The molecule has 2 aliphatic heterocycles. The molecule has 4 rings (SSSR count). The van der Waals surface area contributed by atoms with Crippen LogP contribution in [0.4, 0.5) is 0 Å². The molecule has 2 heterocycles. The molecule has 0 unspecified atom stereocenters. The van der Waals surface area contributed by atoms with Crippen LogP contribution < -0.4 is 19.5 Å². The van der Waals surface area contributed by atoms with E-state index in [0.29, 0.717) is 13.3 Å². The third-order valence-corrected chi connectivity index (χ3v) is 5.77. The molecule has 2 aliphatic rings. The van der Waals surface area contributed by atoms with E-state index in [1.807, 2.05) is 18.2 Å². The van der Waals surface area contributed by atoms with Crippen molar-refractivity contribution in [3.05, 3.63) is 53.1 Å². The standard InChI is InChI=1S/C22H27N3O3S/c1-16-3-5-19(26-2)18(11-16)14-24-7-9-25(10-8-24)22(29)23-13-17-4-6-20-21(12-17)28-15-27-20/h3-6,11-12H,7-10,13-15H2,1-2H3,(H,23,29). The Bertz CT molecular complexity index is 882. The summed E-state index contributed by atoms with van der Waals surface area (Å²) in [5, 5.41) is 4.17. The molecule has 154 valence electrons. The van der Waals surface area contributed by atoms with Gasteiger partial charge in [-0.05, 0) is 42.9 Å². The lowest BCUT2D eigenvalue weighted by Crippen LogP contribution is -2.51. The van der Waals surface area contributed by atoms with Crippen molar-refractivity contribution in [1.29, 1.82) is 0 Å². The first-order valence-corrected chi connectivity index (χ1v) is 10.3. The van der Waals surface area contributed by atoms with Gasteiger partial charge in [-0.3, -0.25) is 4.90 Å². The van der Waals surface area contributed by atoms with E-state index in [0.717, 1.165) is 60.6 Å². The first kappa shape index (κ1) is 19.8. The number of methoxy groups -OCH3 is 1. The lowest BCUT2D eigenvalue weighted by molar-refractivity contribution is 0.173. The van der Waals surface area contributed by atoms with Gasteiger partial charge in [-0.1, -0.05) is 23.8 Å². The number of ether oxygens (including phenoxy) is 3. The van der Waals surface area contributed by atoms with Crippen LogP contribution in [0, 0.1) is 6.92 Å². The number of aryl methyl sites for hydroxylation is 1. The van der Waals surface area contributed by atoms with E-state index in [-0.39, 0.29) is 0 Å². The zero-order chi connectivity index (χ0) is 20.2. The number of benzene rings is 2. The van der Waals surface area contributed by atoms with Crippen molar-refractivity contribution in [2.45, 2.75) is 20.0 Å². The van der Waals surface area contributed by atoms with E-state index < -0.39 is 0 Å². The summed E-state index contributed by atoms with van der Waals surface area (Å²) >= 11 is 5.62. The third-order valence-electron chi connectivity index (χ3n) is 5.37. The summed E-state index contributed by atoms with van der Waals surface area (Å²) in [6.45, 7) is 7.77. The molecule has 2 aromatic rings. The van der Waals surface area contributed by atoms with Gasteiger partial charge < -0.3 is 24.4 Å². The summed E-state index contributed by atoms with van der Waals surface area (Å²) < 4.78 is 16.3. The predicted molar refractivity (Wildman–Crippen MR) is 117 cm³/mol. The van der Waals surface area contributed by atoms with Gasteiger partial charge in [0.1, 0.15) is 5.75 Å². The second-order valence-corrected chi connectivity index (χ2v) is 7.81. The summed E-state index contributed by atoms with van der Waals surface area (Å²) in [6.07, 6.45) is 0.